The number of anilines is 1. The SMILES string of the molecule is CCS(=O)(=O)c1ccccc1C(=O)OCC(=O)Nc1cc(C)cc(C)c1. The maximum Gasteiger partial charge on any atom is 0.339 e. The van der Waals surface area contributed by atoms with E-state index in [2.05, 4.69) is 5.32 Å². The van der Waals surface area contributed by atoms with Gasteiger partial charge >= 0.3 is 5.97 Å². The molecular formula is C19H21NO5S. The maximum absolute atomic E-state index is 12.2. The van der Waals surface area contributed by atoms with Crippen molar-refractivity contribution in [3.8, 4) is 0 Å². The van der Waals surface area contributed by atoms with E-state index in [0.717, 1.165) is 11.1 Å². The van der Waals surface area contributed by atoms with Gasteiger partial charge in [-0.3, -0.25) is 4.79 Å². The normalized spacial score (nSPS) is 11.0. The number of rotatable bonds is 6. The van der Waals surface area contributed by atoms with Gasteiger partial charge in [-0.15, -0.1) is 0 Å². The number of benzene rings is 2. The van der Waals surface area contributed by atoms with Crippen molar-refractivity contribution in [2.75, 3.05) is 17.7 Å². The Morgan fingerprint density at radius 3 is 2.27 bits per heavy atom. The number of carbonyl (C=O) groups excluding carboxylic acids is 2. The minimum Gasteiger partial charge on any atom is -0.452 e. The lowest BCUT2D eigenvalue weighted by Crippen LogP contribution is -2.22. The minimum absolute atomic E-state index is 0.0754. The smallest absolute Gasteiger partial charge is 0.339 e. The lowest BCUT2D eigenvalue weighted by molar-refractivity contribution is -0.119. The van der Waals surface area contributed by atoms with Gasteiger partial charge in [-0.05, 0) is 49.2 Å². The van der Waals surface area contributed by atoms with Crippen LogP contribution >= 0.6 is 0 Å². The molecule has 0 saturated heterocycles. The van der Waals surface area contributed by atoms with Crippen LogP contribution in [0.2, 0.25) is 0 Å². The first-order chi connectivity index (χ1) is 12.2. The number of aryl methyl sites for hydroxylation is 2. The summed E-state index contributed by atoms with van der Waals surface area (Å²) >= 11 is 0. The van der Waals surface area contributed by atoms with Crippen LogP contribution < -0.4 is 5.32 Å². The number of amides is 1. The van der Waals surface area contributed by atoms with Crippen LogP contribution in [0, 0.1) is 13.8 Å². The molecule has 0 spiro atoms. The summed E-state index contributed by atoms with van der Waals surface area (Å²) < 4.78 is 29.2. The van der Waals surface area contributed by atoms with Crippen molar-refractivity contribution in [2.24, 2.45) is 0 Å². The summed E-state index contributed by atoms with van der Waals surface area (Å²) in [5.41, 5.74) is 2.53. The number of sulfone groups is 1. The Kier molecular flexibility index (Phi) is 6.15. The molecule has 0 saturated carbocycles. The molecule has 1 amide bonds. The fraction of sp³-hybridized carbons (Fsp3) is 0.263. The summed E-state index contributed by atoms with van der Waals surface area (Å²) in [4.78, 5) is 24.1. The van der Waals surface area contributed by atoms with Gasteiger partial charge in [0.2, 0.25) is 0 Å². The number of carbonyl (C=O) groups is 2. The average molecular weight is 375 g/mol. The molecule has 0 aromatic heterocycles. The van der Waals surface area contributed by atoms with Gasteiger partial charge < -0.3 is 10.1 Å². The zero-order valence-electron chi connectivity index (χ0n) is 14.9. The quantitative estimate of drug-likeness (QED) is 0.784. The van der Waals surface area contributed by atoms with Crippen molar-refractivity contribution in [1.82, 2.24) is 0 Å². The molecule has 7 heteroatoms. The Labute approximate surface area is 153 Å². The highest BCUT2D eigenvalue weighted by atomic mass is 32.2. The Morgan fingerprint density at radius 2 is 1.65 bits per heavy atom. The largest absolute Gasteiger partial charge is 0.452 e. The highest BCUT2D eigenvalue weighted by Gasteiger charge is 2.22. The van der Waals surface area contributed by atoms with Crippen molar-refractivity contribution in [3.63, 3.8) is 0 Å². The van der Waals surface area contributed by atoms with Crippen molar-refractivity contribution in [1.29, 1.82) is 0 Å². The zero-order chi connectivity index (χ0) is 19.3. The summed E-state index contributed by atoms with van der Waals surface area (Å²) in [5.74, 6) is -1.49. The van der Waals surface area contributed by atoms with E-state index in [0.29, 0.717) is 5.69 Å². The van der Waals surface area contributed by atoms with E-state index in [-0.39, 0.29) is 16.2 Å². The summed E-state index contributed by atoms with van der Waals surface area (Å²) in [6.07, 6.45) is 0. The number of esters is 1. The van der Waals surface area contributed by atoms with Crippen LogP contribution in [0.15, 0.2) is 47.4 Å². The fourth-order valence-corrected chi connectivity index (χ4v) is 3.60. The Bertz CT molecular complexity index is 914. The summed E-state index contributed by atoms with van der Waals surface area (Å²) in [7, 11) is -3.57. The van der Waals surface area contributed by atoms with Gasteiger partial charge in [0.05, 0.1) is 16.2 Å². The van der Waals surface area contributed by atoms with Crippen molar-refractivity contribution >= 4 is 27.4 Å². The van der Waals surface area contributed by atoms with Crippen LogP contribution in [-0.4, -0.2) is 32.7 Å². The Morgan fingerprint density at radius 1 is 1.04 bits per heavy atom. The fourth-order valence-electron chi connectivity index (χ4n) is 2.51. The first-order valence-electron chi connectivity index (χ1n) is 8.10. The van der Waals surface area contributed by atoms with Crippen LogP contribution in [0.4, 0.5) is 5.69 Å². The topological polar surface area (TPSA) is 89.5 Å². The van der Waals surface area contributed by atoms with E-state index in [9.17, 15) is 18.0 Å². The molecule has 2 aromatic carbocycles. The Balaban J connectivity index is 2.06. The van der Waals surface area contributed by atoms with Crippen LogP contribution in [0.3, 0.4) is 0 Å². The van der Waals surface area contributed by atoms with Gasteiger partial charge in [0.15, 0.2) is 16.4 Å². The first-order valence-corrected chi connectivity index (χ1v) is 9.75. The molecular weight excluding hydrogens is 354 g/mol. The van der Waals surface area contributed by atoms with E-state index in [1.165, 1.54) is 25.1 Å². The number of hydrogen-bond acceptors (Lipinski definition) is 5. The van der Waals surface area contributed by atoms with Crippen molar-refractivity contribution < 1.29 is 22.7 Å². The van der Waals surface area contributed by atoms with Gasteiger partial charge in [-0.2, -0.15) is 0 Å². The molecule has 0 heterocycles. The van der Waals surface area contributed by atoms with E-state index >= 15 is 0 Å². The molecule has 138 valence electrons. The second-order valence-electron chi connectivity index (χ2n) is 5.90. The van der Waals surface area contributed by atoms with E-state index in [1.807, 2.05) is 19.9 Å². The molecule has 2 aromatic rings. The van der Waals surface area contributed by atoms with Gasteiger partial charge in [-0.1, -0.05) is 25.1 Å². The highest BCUT2D eigenvalue weighted by Crippen LogP contribution is 2.18. The minimum atomic E-state index is -3.57. The molecule has 1 N–H and O–H groups in total. The van der Waals surface area contributed by atoms with Crippen LogP contribution in [0.25, 0.3) is 0 Å². The van der Waals surface area contributed by atoms with Crippen LogP contribution in [0.5, 0.6) is 0 Å². The molecule has 0 aliphatic carbocycles. The monoisotopic (exact) mass is 375 g/mol. The maximum atomic E-state index is 12.2. The third-order valence-corrected chi connectivity index (χ3v) is 5.45. The Hall–Kier alpha value is -2.67. The van der Waals surface area contributed by atoms with Crippen LogP contribution in [-0.2, 0) is 19.4 Å². The van der Waals surface area contributed by atoms with Gasteiger partial charge in [0.25, 0.3) is 5.91 Å². The summed E-state index contributed by atoms with van der Waals surface area (Å²) in [6, 6.07) is 11.4. The molecule has 0 fully saturated rings. The predicted octanol–water partition coefficient (Wildman–Crippen LogP) is 2.89. The van der Waals surface area contributed by atoms with E-state index in [1.54, 1.807) is 18.2 Å². The average Bonchev–Trinajstić information content (AvgIpc) is 2.58. The highest BCUT2D eigenvalue weighted by molar-refractivity contribution is 7.91. The van der Waals surface area contributed by atoms with E-state index < -0.39 is 28.3 Å². The first kappa shape index (κ1) is 19.7. The molecule has 0 unspecified atom stereocenters. The van der Waals surface area contributed by atoms with Gasteiger partial charge in [0, 0.05) is 5.69 Å². The third-order valence-electron chi connectivity index (χ3n) is 3.66. The lowest BCUT2D eigenvalue weighted by Gasteiger charge is -2.10. The number of ether oxygens (including phenoxy) is 1. The molecule has 0 bridgehead atoms. The summed E-state index contributed by atoms with van der Waals surface area (Å²) in [5, 5.41) is 2.65. The second kappa shape index (κ2) is 8.14. The molecule has 6 nitrogen and oxygen atoms in total. The molecule has 0 radical (unpaired) electrons. The van der Waals surface area contributed by atoms with Crippen molar-refractivity contribution in [3.05, 3.63) is 59.2 Å². The zero-order valence-corrected chi connectivity index (χ0v) is 15.7. The molecule has 0 aliphatic heterocycles. The number of nitrogens with one attached hydrogen (secondary N) is 1. The second-order valence-corrected chi connectivity index (χ2v) is 8.15. The number of hydrogen-bond donors (Lipinski definition) is 1. The molecule has 0 atom stereocenters. The third kappa shape index (κ3) is 4.92. The van der Waals surface area contributed by atoms with E-state index in [4.69, 9.17) is 4.74 Å². The van der Waals surface area contributed by atoms with Gasteiger partial charge in [0.1, 0.15) is 0 Å². The predicted molar refractivity (Wildman–Crippen MR) is 99.0 cm³/mol. The molecule has 0 aliphatic rings. The van der Waals surface area contributed by atoms with Crippen molar-refractivity contribution in [2.45, 2.75) is 25.7 Å². The summed E-state index contributed by atoms with van der Waals surface area (Å²) in [6.45, 7) is 4.81. The van der Waals surface area contributed by atoms with Gasteiger partial charge in [-0.25, -0.2) is 13.2 Å². The molecule has 26 heavy (non-hydrogen) atoms. The standard InChI is InChI=1S/C19H21NO5S/c1-4-26(23,24)17-8-6-5-7-16(17)19(22)25-12-18(21)20-15-10-13(2)9-14(3)11-15/h5-11H,4,12H2,1-3H3,(H,20,21). The lowest BCUT2D eigenvalue weighted by atomic mass is 10.1. The van der Waals surface area contributed by atoms with Crippen LogP contribution in [0.1, 0.15) is 28.4 Å². The molecule has 2 rings (SSSR count).